The van der Waals surface area contributed by atoms with Crippen LogP contribution in [0.25, 0.3) is 0 Å². The molecule has 0 aliphatic carbocycles. The van der Waals surface area contributed by atoms with Gasteiger partial charge in [-0.3, -0.25) is 4.79 Å². The molecule has 0 bridgehead atoms. The van der Waals surface area contributed by atoms with E-state index in [4.69, 9.17) is 23.2 Å². The van der Waals surface area contributed by atoms with Crippen LogP contribution in [0.2, 0.25) is 10.0 Å². The normalized spacial score (nSPS) is 18.6. The molecule has 2 rings (SSSR count). The minimum absolute atomic E-state index is 0.0266. The molecule has 0 saturated carbocycles. The maximum Gasteiger partial charge on any atom is 0.224 e. The number of carbonyl (C=O) groups is 1. The van der Waals surface area contributed by atoms with Crippen molar-refractivity contribution in [3.05, 3.63) is 27.7 Å². The van der Waals surface area contributed by atoms with Gasteiger partial charge in [-0.05, 0) is 50.4 Å². The summed E-state index contributed by atoms with van der Waals surface area (Å²) < 4.78 is 0. The topological polar surface area (TPSA) is 41.1 Å². The fourth-order valence-electron chi connectivity index (χ4n) is 2.27. The van der Waals surface area contributed by atoms with Crippen LogP contribution in [-0.2, 0) is 4.79 Å². The van der Waals surface area contributed by atoms with E-state index in [0.717, 1.165) is 31.5 Å². The molecule has 0 radical (unpaired) electrons. The maximum absolute atomic E-state index is 11.9. The van der Waals surface area contributed by atoms with Crippen LogP contribution in [0.5, 0.6) is 0 Å². The van der Waals surface area contributed by atoms with Gasteiger partial charge in [0.1, 0.15) is 0 Å². The Kier molecular flexibility index (Phi) is 5.08. The SMILES string of the molecule is Cc1ccc(Cl)c(NC(=O)CCC2CCNC2)c1Cl. The molecule has 1 fully saturated rings. The number of aryl methyl sites for hydroxylation is 1. The minimum Gasteiger partial charge on any atom is -0.324 e. The molecule has 1 saturated heterocycles. The van der Waals surface area contributed by atoms with Gasteiger partial charge in [0.2, 0.25) is 5.91 Å². The van der Waals surface area contributed by atoms with Gasteiger partial charge in [-0.15, -0.1) is 0 Å². The van der Waals surface area contributed by atoms with Gasteiger partial charge in [0.15, 0.2) is 0 Å². The third-order valence-electron chi connectivity index (χ3n) is 3.49. The molecule has 0 spiro atoms. The number of amides is 1. The molecule has 3 nitrogen and oxygen atoms in total. The first-order valence-corrected chi connectivity index (χ1v) is 7.28. The predicted octanol–water partition coefficient (Wildman–Crippen LogP) is 3.63. The molecule has 1 aromatic rings. The summed E-state index contributed by atoms with van der Waals surface area (Å²) in [6, 6.07) is 3.59. The van der Waals surface area contributed by atoms with Gasteiger partial charge in [0.05, 0.1) is 15.7 Å². The summed E-state index contributed by atoms with van der Waals surface area (Å²) in [5.41, 5.74) is 1.43. The average Bonchev–Trinajstić information content (AvgIpc) is 2.90. The zero-order valence-corrected chi connectivity index (χ0v) is 12.4. The molecule has 1 amide bonds. The average molecular weight is 301 g/mol. The summed E-state index contributed by atoms with van der Waals surface area (Å²) in [6.07, 6.45) is 2.56. The number of anilines is 1. The Morgan fingerprint density at radius 3 is 2.95 bits per heavy atom. The van der Waals surface area contributed by atoms with Crippen LogP contribution in [0, 0.1) is 12.8 Å². The van der Waals surface area contributed by atoms with Gasteiger partial charge < -0.3 is 10.6 Å². The highest BCUT2D eigenvalue weighted by atomic mass is 35.5. The Morgan fingerprint density at radius 1 is 1.47 bits per heavy atom. The molecule has 1 heterocycles. The van der Waals surface area contributed by atoms with Crippen LogP contribution >= 0.6 is 23.2 Å². The molecule has 104 valence electrons. The summed E-state index contributed by atoms with van der Waals surface area (Å²) in [7, 11) is 0. The Morgan fingerprint density at radius 2 is 2.26 bits per heavy atom. The summed E-state index contributed by atoms with van der Waals surface area (Å²) in [5, 5.41) is 7.11. The van der Waals surface area contributed by atoms with E-state index in [1.807, 2.05) is 13.0 Å². The van der Waals surface area contributed by atoms with Crippen molar-refractivity contribution in [2.24, 2.45) is 5.92 Å². The quantitative estimate of drug-likeness (QED) is 0.891. The Hall–Kier alpha value is -0.770. The lowest BCUT2D eigenvalue weighted by Gasteiger charge is -2.12. The van der Waals surface area contributed by atoms with Crippen LogP contribution in [-0.4, -0.2) is 19.0 Å². The number of nitrogens with one attached hydrogen (secondary N) is 2. The van der Waals surface area contributed by atoms with Crippen LogP contribution in [0.1, 0.15) is 24.8 Å². The van der Waals surface area contributed by atoms with Gasteiger partial charge in [-0.25, -0.2) is 0 Å². The summed E-state index contributed by atoms with van der Waals surface area (Å²) in [4.78, 5) is 11.9. The van der Waals surface area contributed by atoms with Crippen molar-refractivity contribution < 1.29 is 4.79 Å². The number of benzene rings is 1. The van der Waals surface area contributed by atoms with Crippen LogP contribution in [0.3, 0.4) is 0 Å². The van der Waals surface area contributed by atoms with Crippen LogP contribution < -0.4 is 10.6 Å². The standard InChI is InChI=1S/C14H18Cl2N2O/c1-9-2-4-11(15)14(13(9)16)18-12(19)5-3-10-6-7-17-8-10/h2,4,10,17H,3,5-8H2,1H3,(H,18,19). The van der Waals surface area contributed by atoms with Crippen molar-refractivity contribution in [1.82, 2.24) is 5.32 Å². The highest BCUT2D eigenvalue weighted by molar-refractivity contribution is 6.40. The van der Waals surface area contributed by atoms with Gasteiger partial charge in [-0.2, -0.15) is 0 Å². The Bertz CT molecular complexity index is 471. The van der Waals surface area contributed by atoms with E-state index in [9.17, 15) is 4.79 Å². The smallest absolute Gasteiger partial charge is 0.224 e. The number of carbonyl (C=O) groups excluding carboxylic acids is 1. The second-order valence-corrected chi connectivity index (χ2v) is 5.78. The highest BCUT2D eigenvalue weighted by Gasteiger charge is 2.17. The molecule has 19 heavy (non-hydrogen) atoms. The first-order valence-electron chi connectivity index (χ1n) is 6.53. The van der Waals surface area contributed by atoms with Crippen LogP contribution in [0.4, 0.5) is 5.69 Å². The fraction of sp³-hybridized carbons (Fsp3) is 0.500. The number of hydrogen-bond donors (Lipinski definition) is 2. The number of hydrogen-bond acceptors (Lipinski definition) is 2. The van der Waals surface area contributed by atoms with Crippen molar-refractivity contribution in [2.75, 3.05) is 18.4 Å². The zero-order chi connectivity index (χ0) is 13.8. The molecule has 1 aliphatic rings. The lowest BCUT2D eigenvalue weighted by molar-refractivity contribution is -0.116. The summed E-state index contributed by atoms with van der Waals surface area (Å²) in [6.45, 7) is 3.96. The molecule has 2 N–H and O–H groups in total. The van der Waals surface area contributed by atoms with Gasteiger partial charge in [-0.1, -0.05) is 29.3 Å². The molecule has 1 unspecified atom stereocenters. The van der Waals surface area contributed by atoms with Crippen molar-refractivity contribution in [3.8, 4) is 0 Å². The zero-order valence-electron chi connectivity index (χ0n) is 10.9. The molecule has 1 aromatic carbocycles. The van der Waals surface area contributed by atoms with Crippen molar-refractivity contribution >= 4 is 34.8 Å². The first-order chi connectivity index (χ1) is 9.08. The van der Waals surface area contributed by atoms with E-state index < -0.39 is 0 Å². The lowest BCUT2D eigenvalue weighted by atomic mass is 10.0. The second-order valence-electron chi connectivity index (χ2n) is 5.00. The van der Waals surface area contributed by atoms with Crippen molar-refractivity contribution in [2.45, 2.75) is 26.2 Å². The predicted molar refractivity (Wildman–Crippen MR) is 80.0 cm³/mol. The lowest BCUT2D eigenvalue weighted by Crippen LogP contribution is -2.15. The first kappa shape index (κ1) is 14.6. The second kappa shape index (κ2) is 6.60. The fourth-order valence-corrected chi connectivity index (χ4v) is 2.73. The minimum atomic E-state index is -0.0266. The van der Waals surface area contributed by atoms with Gasteiger partial charge in [0.25, 0.3) is 0 Å². The monoisotopic (exact) mass is 300 g/mol. The number of rotatable bonds is 4. The third kappa shape index (κ3) is 3.85. The van der Waals surface area contributed by atoms with E-state index in [1.54, 1.807) is 6.07 Å². The van der Waals surface area contributed by atoms with Crippen molar-refractivity contribution in [3.63, 3.8) is 0 Å². The molecule has 5 heteroatoms. The molecular formula is C14H18Cl2N2O. The molecule has 1 aliphatic heterocycles. The van der Waals surface area contributed by atoms with Crippen LogP contribution in [0.15, 0.2) is 12.1 Å². The Labute approximate surface area is 123 Å². The van der Waals surface area contributed by atoms with Gasteiger partial charge in [0, 0.05) is 6.42 Å². The van der Waals surface area contributed by atoms with E-state index >= 15 is 0 Å². The Balaban J connectivity index is 1.93. The molecular weight excluding hydrogens is 283 g/mol. The van der Waals surface area contributed by atoms with E-state index in [-0.39, 0.29) is 5.91 Å². The molecule has 0 aromatic heterocycles. The maximum atomic E-state index is 11.9. The summed E-state index contributed by atoms with van der Waals surface area (Å²) in [5.74, 6) is 0.579. The highest BCUT2D eigenvalue weighted by Crippen LogP contribution is 2.33. The summed E-state index contributed by atoms with van der Waals surface area (Å²) >= 11 is 12.2. The van der Waals surface area contributed by atoms with Crippen molar-refractivity contribution in [1.29, 1.82) is 0 Å². The number of halogens is 2. The third-order valence-corrected chi connectivity index (χ3v) is 4.29. The van der Waals surface area contributed by atoms with Gasteiger partial charge >= 0.3 is 0 Å². The van der Waals surface area contributed by atoms with E-state index in [1.165, 1.54) is 0 Å². The van der Waals surface area contributed by atoms with E-state index in [0.29, 0.717) is 28.1 Å². The molecule has 1 atom stereocenters. The van der Waals surface area contributed by atoms with E-state index in [2.05, 4.69) is 10.6 Å². The largest absolute Gasteiger partial charge is 0.324 e.